The van der Waals surface area contributed by atoms with E-state index < -0.39 is 20.2 Å². The molecule has 16 nitrogen and oxygen atoms in total. The molecule has 6 rings (SSSR count). The zero-order valence-corrected chi connectivity index (χ0v) is 29.5. The van der Waals surface area contributed by atoms with Gasteiger partial charge in [-0.25, -0.2) is 9.98 Å². The first kappa shape index (κ1) is 38.4. The van der Waals surface area contributed by atoms with E-state index in [-0.39, 0.29) is 38.4 Å². The van der Waals surface area contributed by atoms with E-state index in [9.17, 15) is 27.0 Å². The standard InChI is InChI=1S/C18H16N4O6S2.C18H16N4O2/c19-15-9-16(20)18(22-12-3-7-14(8-4-12)30(26,27)28)10-17(15)21-11-1-5-13(6-2-11)29(23,24)25;19-15-9-16(20)18(22-12-4-2-6-14(24)8-12)10-17(15)21-11-3-1-5-13(23)7-11/h1-10,19,21H,20H2,(H,23,24,25)(H,26,27,28);1-10,19,21,23-24H,20H2. The first-order valence-electron chi connectivity index (χ1n) is 15.5. The lowest BCUT2D eigenvalue weighted by atomic mass is 10.0. The monoisotopic (exact) mass is 768 g/mol. The second-order valence-electron chi connectivity index (χ2n) is 11.4. The van der Waals surface area contributed by atoms with Crippen molar-refractivity contribution in [1.82, 2.24) is 0 Å². The molecular weight excluding hydrogens is 737 g/mol. The summed E-state index contributed by atoms with van der Waals surface area (Å²) in [6.45, 7) is 0. The van der Waals surface area contributed by atoms with E-state index in [1.54, 1.807) is 48.5 Å². The lowest BCUT2D eigenvalue weighted by Gasteiger charge is -2.16. The summed E-state index contributed by atoms with van der Waals surface area (Å²) >= 11 is 0. The number of hydrogen-bond donors (Lipinski definition) is 10. The molecular formula is C36H32N8O8S2. The first-order chi connectivity index (χ1) is 25.4. The van der Waals surface area contributed by atoms with Gasteiger partial charge in [-0.15, -0.1) is 0 Å². The van der Waals surface area contributed by atoms with Crippen LogP contribution in [0.5, 0.6) is 11.5 Å². The van der Waals surface area contributed by atoms with Crippen molar-refractivity contribution in [3.8, 4) is 11.5 Å². The number of phenols is 2. The summed E-state index contributed by atoms with van der Waals surface area (Å²) in [5.41, 5.74) is 16.4. The van der Waals surface area contributed by atoms with Crippen molar-refractivity contribution in [2.75, 3.05) is 10.6 Å². The SMILES string of the molecule is N=C1C=C(N)C(=Nc2ccc(S(=O)(=O)O)cc2)C=C1Nc1ccc(S(=O)(=O)O)cc1.N=C1C=C(N)C(=Nc2cccc(O)c2)C=C1Nc1cccc(O)c1. The van der Waals surface area contributed by atoms with Gasteiger partial charge in [0, 0.05) is 23.5 Å². The lowest BCUT2D eigenvalue weighted by Crippen LogP contribution is -2.21. The molecule has 12 N–H and O–H groups in total. The zero-order chi connectivity index (χ0) is 39.2. The van der Waals surface area contributed by atoms with Crippen LogP contribution in [0, 0.1) is 10.8 Å². The van der Waals surface area contributed by atoms with Crippen LogP contribution < -0.4 is 22.1 Å². The number of rotatable bonds is 8. The number of phenolic OH excluding ortho intramolecular Hbond substituents is 2. The average molecular weight is 769 g/mol. The van der Waals surface area contributed by atoms with Gasteiger partial charge in [-0.1, -0.05) is 12.1 Å². The van der Waals surface area contributed by atoms with Gasteiger partial charge in [0.1, 0.15) is 11.5 Å². The van der Waals surface area contributed by atoms with Crippen LogP contribution in [0.2, 0.25) is 0 Å². The van der Waals surface area contributed by atoms with Crippen LogP contribution in [0.15, 0.2) is 164 Å². The Morgan fingerprint density at radius 2 is 0.981 bits per heavy atom. The Balaban J connectivity index is 0.000000213. The maximum absolute atomic E-state index is 11.1. The van der Waals surface area contributed by atoms with E-state index in [0.29, 0.717) is 51.3 Å². The Kier molecular flexibility index (Phi) is 11.2. The summed E-state index contributed by atoms with van der Waals surface area (Å²) in [6.07, 6.45) is 6.05. The van der Waals surface area contributed by atoms with Crippen molar-refractivity contribution in [2.24, 2.45) is 21.5 Å². The van der Waals surface area contributed by atoms with Crippen LogP contribution in [0.3, 0.4) is 0 Å². The third-order valence-electron chi connectivity index (χ3n) is 7.35. The molecule has 54 heavy (non-hydrogen) atoms. The molecule has 0 fully saturated rings. The normalized spacial score (nSPS) is 16.0. The van der Waals surface area contributed by atoms with E-state index in [2.05, 4.69) is 20.6 Å². The third-order valence-corrected chi connectivity index (χ3v) is 9.09. The Morgan fingerprint density at radius 3 is 1.46 bits per heavy atom. The molecule has 0 heterocycles. The highest BCUT2D eigenvalue weighted by Gasteiger charge is 2.17. The van der Waals surface area contributed by atoms with E-state index in [0.717, 1.165) is 0 Å². The number of allylic oxidation sites excluding steroid dienone is 4. The molecule has 0 unspecified atom stereocenters. The second kappa shape index (κ2) is 15.8. The molecule has 0 saturated heterocycles. The number of nitrogens with zero attached hydrogens (tertiary/aromatic N) is 2. The molecule has 0 saturated carbocycles. The zero-order valence-electron chi connectivity index (χ0n) is 27.8. The fraction of sp³-hybridized carbons (Fsp3) is 0. The number of aliphatic imine (C=N–C) groups is 2. The van der Waals surface area contributed by atoms with Crippen LogP contribution >= 0.6 is 0 Å². The summed E-state index contributed by atoms with van der Waals surface area (Å²) in [4.78, 5) is 8.19. The first-order valence-corrected chi connectivity index (χ1v) is 18.3. The second-order valence-corrected chi connectivity index (χ2v) is 14.3. The van der Waals surface area contributed by atoms with Crippen LogP contribution in [-0.4, -0.2) is 59.0 Å². The number of aromatic hydroxyl groups is 2. The molecule has 0 radical (unpaired) electrons. The summed E-state index contributed by atoms with van der Waals surface area (Å²) in [5, 5.41) is 41.2. The molecule has 4 aromatic carbocycles. The predicted octanol–water partition coefficient (Wildman–Crippen LogP) is 5.17. The minimum absolute atomic E-state index is 0.0621. The highest BCUT2D eigenvalue weighted by atomic mass is 32.2. The smallest absolute Gasteiger partial charge is 0.294 e. The molecule has 0 spiro atoms. The third kappa shape index (κ3) is 10.1. The van der Waals surface area contributed by atoms with Gasteiger partial charge in [-0.3, -0.25) is 19.9 Å². The van der Waals surface area contributed by atoms with Crippen molar-refractivity contribution in [3.63, 3.8) is 0 Å². The summed E-state index contributed by atoms with van der Waals surface area (Å²) in [5.74, 6) is 0.247. The van der Waals surface area contributed by atoms with Gasteiger partial charge in [0.15, 0.2) is 0 Å². The van der Waals surface area contributed by atoms with Crippen LogP contribution in [0.4, 0.5) is 22.7 Å². The molecule has 0 aromatic heterocycles. The Labute approximate surface area is 309 Å². The van der Waals surface area contributed by atoms with Crippen LogP contribution in [-0.2, 0) is 20.2 Å². The van der Waals surface area contributed by atoms with Crippen molar-refractivity contribution in [2.45, 2.75) is 9.79 Å². The topological polar surface area (TPSA) is 298 Å². The van der Waals surface area contributed by atoms with Crippen LogP contribution in [0.25, 0.3) is 0 Å². The van der Waals surface area contributed by atoms with E-state index in [1.165, 1.54) is 72.8 Å². The molecule has 2 aliphatic carbocycles. The van der Waals surface area contributed by atoms with Crippen molar-refractivity contribution >= 4 is 65.8 Å². The number of nitrogens with one attached hydrogen (secondary N) is 4. The molecule has 0 bridgehead atoms. The molecule has 18 heteroatoms. The molecule has 0 atom stereocenters. The minimum Gasteiger partial charge on any atom is -0.508 e. The Morgan fingerprint density at radius 1 is 0.537 bits per heavy atom. The molecule has 0 aliphatic heterocycles. The molecule has 2 aliphatic rings. The van der Waals surface area contributed by atoms with Gasteiger partial charge in [0.2, 0.25) is 0 Å². The van der Waals surface area contributed by atoms with Gasteiger partial charge in [-0.05, 0) is 97.1 Å². The Hall–Kier alpha value is -6.86. The molecule has 276 valence electrons. The van der Waals surface area contributed by atoms with Gasteiger partial charge in [0.25, 0.3) is 20.2 Å². The average Bonchev–Trinajstić information content (AvgIpc) is 3.09. The van der Waals surface area contributed by atoms with Gasteiger partial charge < -0.3 is 32.3 Å². The largest absolute Gasteiger partial charge is 0.508 e. The number of benzene rings is 4. The fourth-order valence-corrected chi connectivity index (χ4v) is 5.71. The van der Waals surface area contributed by atoms with E-state index >= 15 is 0 Å². The molecule has 0 amide bonds. The van der Waals surface area contributed by atoms with Crippen LogP contribution in [0.1, 0.15) is 0 Å². The summed E-state index contributed by atoms with van der Waals surface area (Å²) in [6, 6.07) is 23.5. The van der Waals surface area contributed by atoms with Crippen molar-refractivity contribution in [1.29, 1.82) is 10.8 Å². The number of anilines is 2. The van der Waals surface area contributed by atoms with E-state index in [1.807, 2.05) is 0 Å². The fourth-order valence-electron chi connectivity index (χ4n) is 4.75. The maximum Gasteiger partial charge on any atom is 0.294 e. The highest BCUT2D eigenvalue weighted by Crippen LogP contribution is 2.24. The summed E-state index contributed by atoms with van der Waals surface area (Å²) < 4.78 is 62.5. The van der Waals surface area contributed by atoms with Crippen molar-refractivity contribution in [3.05, 3.63) is 144 Å². The minimum atomic E-state index is -4.31. The quantitative estimate of drug-likeness (QED) is 0.0821. The van der Waals surface area contributed by atoms with E-state index in [4.69, 9.17) is 31.4 Å². The lowest BCUT2D eigenvalue weighted by molar-refractivity contribution is 0.475. The van der Waals surface area contributed by atoms with Gasteiger partial charge in [0.05, 0.1) is 66.8 Å². The maximum atomic E-state index is 11.1. The Bertz CT molecular complexity index is 2560. The highest BCUT2D eigenvalue weighted by molar-refractivity contribution is 7.86. The van der Waals surface area contributed by atoms with Crippen molar-refractivity contribution < 1.29 is 36.2 Å². The van der Waals surface area contributed by atoms with Gasteiger partial charge >= 0.3 is 0 Å². The number of hydrogen-bond acceptors (Lipinski definition) is 14. The van der Waals surface area contributed by atoms with Gasteiger partial charge in [-0.2, -0.15) is 16.8 Å². The predicted molar refractivity (Wildman–Crippen MR) is 206 cm³/mol. The number of nitrogens with two attached hydrogens (primary N) is 2. The summed E-state index contributed by atoms with van der Waals surface area (Å²) in [7, 11) is -8.62. The molecule has 4 aromatic rings.